The normalized spacial score (nSPS) is 15.5. The predicted molar refractivity (Wildman–Crippen MR) is 101 cm³/mol. The molecule has 1 aliphatic heterocycles. The SMILES string of the molecule is Cc1nc(CCN2CCC(Oc3ccc(F)cc3)CC2)cs1.O=C(O)C(F)(F)F. The summed E-state index contributed by atoms with van der Waals surface area (Å²) >= 11 is 1.72. The van der Waals surface area contributed by atoms with Crippen LogP contribution in [0.1, 0.15) is 23.5 Å². The molecule has 1 aromatic heterocycles. The van der Waals surface area contributed by atoms with Crippen LogP contribution in [0.25, 0.3) is 0 Å². The predicted octanol–water partition coefficient (Wildman–Crippen LogP) is 4.31. The first kappa shape index (κ1) is 23.1. The zero-order valence-electron chi connectivity index (χ0n) is 15.8. The molecule has 2 heterocycles. The summed E-state index contributed by atoms with van der Waals surface area (Å²) in [6, 6.07) is 6.29. The van der Waals surface area contributed by atoms with E-state index in [9.17, 15) is 17.6 Å². The second kappa shape index (κ2) is 10.5. The summed E-state index contributed by atoms with van der Waals surface area (Å²) in [7, 11) is 0. The van der Waals surface area contributed by atoms with E-state index in [1.165, 1.54) is 17.8 Å². The molecule has 10 heteroatoms. The first-order valence-corrected chi connectivity index (χ1v) is 9.87. The van der Waals surface area contributed by atoms with Crippen molar-refractivity contribution in [2.45, 2.75) is 38.5 Å². The van der Waals surface area contributed by atoms with E-state index >= 15 is 0 Å². The van der Waals surface area contributed by atoms with Crippen LogP contribution in [-0.2, 0) is 11.2 Å². The number of carboxylic acid groups (broad SMARTS) is 1. The smallest absolute Gasteiger partial charge is 0.490 e. The minimum atomic E-state index is -5.08. The number of hydrogen-bond donors (Lipinski definition) is 1. The Morgan fingerprint density at radius 3 is 2.34 bits per heavy atom. The van der Waals surface area contributed by atoms with Crippen LogP contribution < -0.4 is 4.74 Å². The van der Waals surface area contributed by atoms with Crippen LogP contribution in [0.2, 0.25) is 0 Å². The van der Waals surface area contributed by atoms with Crippen molar-refractivity contribution in [1.29, 1.82) is 0 Å². The topological polar surface area (TPSA) is 62.7 Å². The molecule has 0 saturated carbocycles. The van der Waals surface area contributed by atoms with Crippen LogP contribution in [0.5, 0.6) is 5.75 Å². The van der Waals surface area contributed by atoms with Gasteiger partial charge in [0.15, 0.2) is 0 Å². The maximum absolute atomic E-state index is 12.9. The Kier molecular flexibility index (Phi) is 8.39. The molecule has 3 rings (SSSR count). The molecule has 1 aliphatic rings. The lowest BCUT2D eigenvalue weighted by molar-refractivity contribution is -0.192. The number of nitrogens with zero attached hydrogens (tertiary/aromatic N) is 2. The van der Waals surface area contributed by atoms with Gasteiger partial charge in [-0.25, -0.2) is 14.2 Å². The first-order valence-electron chi connectivity index (χ1n) is 8.99. The van der Waals surface area contributed by atoms with E-state index in [1.54, 1.807) is 23.5 Å². The van der Waals surface area contributed by atoms with E-state index in [4.69, 9.17) is 14.6 Å². The van der Waals surface area contributed by atoms with Crippen molar-refractivity contribution in [3.05, 3.63) is 46.2 Å². The molecular weight excluding hydrogens is 412 g/mol. The summed E-state index contributed by atoms with van der Waals surface area (Å²) in [4.78, 5) is 15.9. The number of carboxylic acids is 1. The molecule has 1 saturated heterocycles. The number of aromatic nitrogens is 1. The fraction of sp³-hybridized carbons (Fsp3) is 0.474. The number of aryl methyl sites for hydroxylation is 1. The van der Waals surface area contributed by atoms with E-state index in [0.717, 1.165) is 49.7 Å². The highest BCUT2D eigenvalue weighted by Gasteiger charge is 2.38. The van der Waals surface area contributed by atoms with Gasteiger partial charge in [-0.05, 0) is 44.0 Å². The Morgan fingerprint density at radius 2 is 1.86 bits per heavy atom. The number of alkyl halides is 3. The Hall–Kier alpha value is -2.20. The van der Waals surface area contributed by atoms with Crippen molar-refractivity contribution in [3.8, 4) is 5.75 Å². The monoisotopic (exact) mass is 434 g/mol. The maximum Gasteiger partial charge on any atom is 0.490 e. The molecular formula is C19H22F4N2O3S. The number of piperidine rings is 1. The third-order valence-corrected chi connectivity index (χ3v) is 5.07. The van der Waals surface area contributed by atoms with Crippen LogP contribution in [-0.4, -0.2) is 52.9 Å². The highest BCUT2D eigenvalue weighted by Crippen LogP contribution is 2.20. The average Bonchev–Trinajstić information content (AvgIpc) is 3.08. The molecule has 0 amide bonds. The molecule has 29 heavy (non-hydrogen) atoms. The van der Waals surface area contributed by atoms with E-state index in [1.807, 2.05) is 6.92 Å². The van der Waals surface area contributed by atoms with Crippen molar-refractivity contribution in [2.24, 2.45) is 0 Å². The number of benzene rings is 1. The highest BCUT2D eigenvalue weighted by atomic mass is 32.1. The molecule has 5 nitrogen and oxygen atoms in total. The zero-order chi connectivity index (χ0) is 21.4. The molecule has 0 aliphatic carbocycles. The minimum absolute atomic E-state index is 0.223. The Labute approximate surface area is 169 Å². The van der Waals surface area contributed by atoms with Gasteiger partial charge in [0.2, 0.25) is 0 Å². The summed E-state index contributed by atoms with van der Waals surface area (Å²) in [5.41, 5.74) is 1.20. The van der Waals surface area contributed by atoms with Gasteiger partial charge in [-0.15, -0.1) is 11.3 Å². The Bertz CT molecular complexity index is 773. The Balaban J connectivity index is 0.000000370. The van der Waals surface area contributed by atoms with Gasteiger partial charge in [0, 0.05) is 31.4 Å². The third kappa shape index (κ3) is 8.36. The van der Waals surface area contributed by atoms with Gasteiger partial charge in [0.1, 0.15) is 17.7 Å². The maximum atomic E-state index is 12.9. The molecule has 0 radical (unpaired) electrons. The molecule has 1 aromatic carbocycles. The van der Waals surface area contributed by atoms with E-state index in [2.05, 4.69) is 15.3 Å². The van der Waals surface area contributed by atoms with Crippen LogP contribution >= 0.6 is 11.3 Å². The average molecular weight is 434 g/mol. The molecule has 0 atom stereocenters. The summed E-state index contributed by atoms with van der Waals surface area (Å²) in [5, 5.41) is 10.4. The number of hydrogen-bond acceptors (Lipinski definition) is 5. The van der Waals surface area contributed by atoms with Crippen LogP contribution in [0.3, 0.4) is 0 Å². The highest BCUT2D eigenvalue weighted by molar-refractivity contribution is 7.09. The lowest BCUT2D eigenvalue weighted by Crippen LogP contribution is -2.39. The summed E-state index contributed by atoms with van der Waals surface area (Å²) in [5.74, 6) is -2.22. The summed E-state index contributed by atoms with van der Waals surface area (Å²) in [6.45, 7) is 5.21. The summed E-state index contributed by atoms with van der Waals surface area (Å²) in [6.07, 6.45) is -1.78. The largest absolute Gasteiger partial charge is 0.490 e. The number of thiazole rings is 1. The van der Waals surface area contributed by atoms with Crippen molar-refractivity contribution < 1.29 is 32.2 Å². The number of ether oxygens (including phenoxy) is 1. The third-order valence-electron chi connectivity index (χ3n) is 4.24. The first-order chi connectivity index (χ1) is 13.6. The number of likely N-dealkylation sites (tertiary alicyclic amines) is 1. The van der Waals surface area contributed by atoms with E-state index < -0.39 is 12.1 Å². The second-order valence-corrected chi connectivity index (χ2v) is 7.59. The van der Waals surface area contributed by atoms with Gasteiger partial charge in [-0.2, -0.15) is 13.2 Å². The number of carbonyl (C=O) groups is 1. The van der Waals surface area contributed by atoms with Crippen molar-refractivity contribution in [1.82, 2.24) is 9.88 Å². The molecule has 0 bridgehead atoms. The van der Waals surface area contributed by atoms with Crippen LogP contribution in [0, 0.1) is 12.7 Å². The molecule has 160 valence electrons. The lowest BCUT2D eigenvalue weighted by Gasteiger charge is -2.32. The van der Waals surface area contributed by atoms with Crippen LogP contribution in [0.15, 0.2) is 29.6 Å². The second-order valence-electron chi connectivity index (χ2n) is 6.52. The van der Waals surface area contributed by atoms with Gasteiger partial charge in [-0.1, -0.05) is 0 Å². The fourth-order valence-corrected chi connectivity index (χ4v) is 3.40. The van der Waals surface area contributed by atoms with Gasteiger partial charge >= 0.3 is 12.1 Å². The van der Waals surface area contributed by atoms with Crippen molar-refractivity contribution in [2.75, 3.05) is 19.6 Å². The van der Waals surface area contributed by atoms with Crippen LogP contribution in [0.4, 0.5) is 17.6 Å². The number of halogens is 4. The van der Waals surface area contributed by atoms with E-state index in [0.29, 0.717) is 0 Å². The molecule has 1 N–H and O–H groups in total. The number of aliphatic carboxylic acids is 1. The molecule has 0 spiro atoms. The van der Waals surface area contributed by atoms with Gasteiger partial charge in [0.25, 0.3) is 0 Å². The summed E-state index contributed by atoms with van der Waals surface area (Å²) < 4.78 is 50.5. The molecule has 1 fully saturated rings. The quantitative estimate of drug-likeness (QED) is 0.711. The standard InChI is InChI=1S/C17H21FN2OS.C2HF3O2/c1-13-19-15(12-22-13)6-9-20-10-7-17(8-11-20)21-16-4-2-14(18)3-5-16;3-2(4,5)1(6)7/h2-5,12,17H,6-11H2,1H3;(H,6,7). The van der Waals surface area contributed by atoms with Gasteiger partial charge in [-0.3, -0.25) is 0 Å². The fourth-order valence-electron chi connectivity index (χ4n) is 2.75. The van der Waals surface area contributed by atoms with Crippen molar-refractivity contribution >= 4 is 17.3 Å². The van der Waals surface area contributed by atoms with E-state index in [-0.39, 0.29) is 11.9 Å². The zero-order valence-corrected chi connectivity index (χ0v) is 16.6. The Morgan fingerprint density at radius 1 is 1.28 bits per heavy atom. The minimum Gasteiger partial charge on any atom is -0.490 e. The molecule has 2 aromatic rings. The van der Waals surface area contributed by atoms with Gasteiger partial charge < -0.3 is 14.7 Å². The molecule has 0 unspecified atom stereocenters. The lowest BCUT2D eigenvalue weighted by atomic mass is 10.1. The van der Waals surface area contributed by atoms with Crippen molar-refractivity contribution in [3.63, 3.8) is 0 Å². The number of rotatable bonds is 5. The van der Waals surface area contributed by atoms with Gasteiger partial charge in [0.05, 0.1) is 10.7 Å².